The van der Waals surface area contributed by atoms with Gasteiger partial charge in [-0.2, -0.15) is 0 Å². The molecule has 3 aromatic rings. The number of methoxy groups -OCH3 is 2. The molecule has 0 bridgehead atoms. The summed E-state index contributed by atoms with van der Waals surface area (Å²) in [6.07, 6.45) is 1.63. The van der Waals surface area contributed by atoms with E-state index in [1.54, 1.807) is 20.5 Å². The first-order chi connectivity index (χ1) is 11.1. The standard InChI is InChI=1S/C18H18N2O3/c1-11-8-13(9-16(21-2)18(11)22-3)17-15(10-23-20-17)12-4-6-14(19)7-5-12/h4-10H,19H2,1-3H3. The zero-order valence-corrected chi connectivity index (χ0v) is 13.3. The maximum Gasteiger partial charge on any atom is 0.163 e. The summed E-state index contributed by atoms with van der Waals surface area (Å²) in [6, 6.07) is 11.5. The van der Waals surface area contributed by atoms with E-state index in [-0.39, 0.29) is 0 Å². The van der Waals surface area contributed by atoms with Gasteiger partial charge in [0.2, 0.25) is 0 Å². The summed E-state index contributed by atoms with van der Waals surface area (Å²) in [5.74, 6) is 1.38. The van der Waals surface area contributed by atoms with E-state index in [1.807, 2.05) is 43.3 Å². The van der Waals surface area contributed by atoms with Crippen LogP contribution in [0.15, 0.2) is 47.2 Å². The van der Waals surface area contributed by atoms with E-state index in [0.29, 0.717) is 17.2 Å². The van der Waals surface area contributed by atoms with Crippen LogP contribution >= 0.6 is 0 Å². The Kier molecular flexibility index (Phi) is 3.93. The number of aryl methyl sites for hydroxylation is 1. The molecule has 2 aromatic carbocycles. The van der Waals surface area contributed by atoms with E-state index in [2.05, 4.69) is 5.16 Å². The number of benzene rings is 2. The third-order valence-electron chi connectivity index (χ3n) is 3.73. The Morgan fingerprint density at radius 2 is 1.74 bits per heavy atom. The van der Waals surface area contributed by atoms with E-state index in [1.165, 1.54) is 0 Å². The van der Waals surface area contributed by atoms with Crippen LogP contribution in [0.4, 0.5) is 5.69 Å². The predicted octanol–water partition coefficient (Wildman–Crippen LogP) is 3.92. The topological polar surface area (TPSA) is 70.5 Å². The summed E-state index contributed by atoms with van der Waals surface area (Å²) in [5, 5.41) is 4.15. The van der Waals surface area contributed by atoms with Gasteiger partial charge in [-0.25, -0.2) is 0 Å². The van der Waals surface area contributed by atoms with Crippen molar-refractivity contribution in [3.8, 4) is 33.9 Å². The van der Waals surface area contributed by atoms with Gasteiger partial charge in [0.25, 0.3) is 0 Å². The molecule has 0 saturated carbocycles. The fourth-order valence-electron chi connectivity index (χ4n) is 2.60. The van der Waals surface area contributed by atoms with Crippen LogP contribution in [0.3, 0.4) is 0 Å². The third-order valence-corrected chi connectivity index (χ3v) is 3.73. The number of aromatic nitrogens is 1. The third kappa shape index (κ3) is 2.73. The van der Waals surface area contributed by atoms with E-state index < -0.39 is 0 Å². The molecular weight excluding hydrogens is 292 g/mol. The Balaban J connectivity index is 2.12. The molecule has 0 saturated heterocycles. The van der Waals surface area contributed by atoms with Gasteiger partial charge in [0.15, 0.2) is 11.5 Å². The van der Waals surface area contributed by atoms with Crippen LogP contribution in [0.2, 0.25) is 0 Å². The lowest BCUT2D eigenvalue weighted by Gasteiger charge is -2.12. The second-order valence-corrected chi connectivity index (χ2v) is 5.23. The van der Waals surface area contributed by atoms with Gasteiger partial charge in [0.1, 0.15) is 12.0 Å². The van der Waals surface area contributed by atoms with Gasteiger partial charge < -0.3 is 19.7 Å². The van der Waals surface area contributed by atoms with Crippen LogP contribution < -0.4 is 15.2 Å². The van der Waals surface area contributed by atoms with Crippen LogP contribution in [0, 0.1) is 6.92 Å². The van der Waals surface area contributed by atoms with Crippen molar-refractivity contribution in [3.05, 3.63) is 48.2 Å². The molecular formula is C18H18N2O3. The first-order valence-electron chi connectivity index (χ1n) is 7.17. The summed E-state index contributed by atoms with van der Waals surface area (Å²) in [6.45, 7) is 1.97. The molecule has 0 atom stereocenters. The van der Waals surface area contributed by atoms with Crippen molar-refractivity contribution in [1.29, 1.82) is 0 Å². The monoisotopic (exact) mass is 310 g/mol. The molecule has 0 radical (unpaired) electrons. The van der Waals surface area contributed by atoms with Crippen LogP contribution in [0.5, 0.6) is 11.5 Å². The number of ether oxygens (including phenoxy) is 2. The fourth-order valence-corrected chi connectivity index (χ4v) is 2.60. The maximum atomic E-state index is 5.75. The molecule has 0 amide bonds. The first-order valence-corrected chi connectivity index (χ1v) is 7.17. The van der Waals surface area contributed by atoms with Gasteiger partial charge >= 0.3 is 0 Å². The minimum Gasteiger partial charge on any atom is -0.493 e. The number of nitrogen functional groups attached to an aromatic ring is 1. The van der Waals surface area contributed by atoms with Crippen molar-refractivity contribution < 1.29 is 14.0 Å². The van der Waals surface area contributed by atoms with Crippen molar-refractivity contribution in [3.63, 3.8) is 0 Å². The molecule has 1 heterocycles. The van der Waals surface area contributed by atoms with Crippen LogP contribution in [-0.4, -0.2) is 19.4 Å². The van der Waals surface area contributed by atoms with Crippen molar-refractivity contribution in [2.24, 2.45) is 0 Å². The fraction of sp³-hybridized carbons (Fsp3) is 0.167. The lowest BCUT2D eigenvalue weighted by atomic mass is 10.00. The molecule has 5 nitrogen and oxygen atoms in total. The Hall–Kier alpha value is -2.95. The number of rotatable bonds is 4. The summed E-state index contributed by atoms with van der Waals surface area (Å²) in [4.78, 5) is 0. The minimum absolute atomic E-state index is 0.661. The maximum absolute atomic E-state index is 5.75. The molecule has 0 aliphatic heterocycles. The van der Waals surface area contributed by atoms with Gasteiger partial charge in [-0.15, -0.1) is 0 Å². The highest BCUT2D eigenvalue weighted by molar-refractivity contribution is 5.81. The van der Waals surface area contributed by atoms with E-state index in [4.69, 9.17) is 19.7 Å². The van der Waals surface area contributed by atoms with Crippen LogP contribution in [0.25, 0.3) is 22.4 Å². The molecule has 3 rings (SSSR count). The molecule has 0 spiro atoms. The molecule has 5 heteroatoms. The Morgan fingerprint density at radius 1 is 1.00 bits per heavy atom. The van der Waals surface area contributed by atoms with Gasteiger partial charge in [-0.3, -0.25) is 0 Å². The molecule has 118 valence electrons. The average molecular weight is 310 g/mol. The predicted molar refractivity (Wildman–Crippen MR) is 89.6 cm³/mol. The van der Waals surface area contributed by atoms with Crippen molar-refractivity contribution >= 4 is 5.69 Å². The molecule has 2 N–H and O–H groups in total. The number of anilines is 1. The van der Waals surface area contributed by atoms with Crippen LogP contribution in [-0.2, 0) is 0 Å². The Labute approximate surface area is 134 Å². The second kappa shape index (κ2) is 6.04. The zero-order chi connectivity index (χ0) is 16.4. The highest BCUT2D eigenvalue weighted by atomic mass is 16.5. The average Bonchev–Trinajstić information content (AvgIpc) is 3.04. The number of hydrogen-bond donors (Lipinski definition) is 1. The normalized spacial score (nSPS) is 10.6. The van der Waals surface area contributed by atoms with E-state index in [9.17, 15) is 0 Å². The highest BCUT2D eigenvalue weighted by Crippen LogP contribution is 2.38. The Morgan fingerprint density at radius 3 is 2.39 bits per heavy atom. The molecule has 1 aromatic heterocycles. The molecule has 0 aliphatic carbocycles. The lowest BCUT2D eigenvalue weighted by molar-refractivity contribution is 0.353. The quantitative estimate of drug-likeness (QED) is 0.740. The summed E-state index contributed by atoms with van der Waals surface area (Å²) in [7, 11) is 3.24. The molecule has 0 aliphatic rings. The minimum atomic E-state index is 0.661. The SMILES string of the molecule is COc1cc(-c2nocc2-c2ccc(N)cc2)cc(C)c1OC. The van der Waals surface area contributed by atoms with Gasteiger partial charge in [0, 0.05) is 16.8 Å². The first kappa shape index (κ1) is 15.0. The lowest BCUT2D eigenvalue weighted by Crippen LogP contribution is -1.94. The number of nitrogens with two attached hydrogens (primary N) is 1. The van der Waals surface area contributed by atoms with Crippen molar-refractivity contribution in [2.75, 3.05) is 20.0 Å². The van der Waals surface area contributed by atoms with Gasteiger partial charge in [0.05, 0.1) is 14.2 Å². The van der Waals surface area contributed by atoms with E-state index in [0.717, 1.165) is 27.9 Å². The van der Waals surface area contributed by atoms with E-state index >= 15 is 0 Å². The van der Waals surface area contributed by atoms with Crippen molar-refractivity contribution in [2.45, 2.75) is 6.92 Å². The number of nitrogens with zero attached hydrogens (tertiary/aromatic N) is 1. The second-order valence-electron chi connectivity index (χ2n) is 5.23. The molecule has 0 fully saturated rings. The van der Waals surface area contributed by atoms with Gasteiger partial charge in [-0.1, -0.05) is 17.3 Å². The summed E-state index contributed by atoms with van der Waals surface area (Å²) >= 11 is 0. The Bertz CT molecular complexity index is 823. The molecule has 23 heavy (non-hydrogen) atoms. The zero-order valence-electron chi connectivity index (χ0n) is 13.3. The summed E-state index contributed by atoms with van der Waals surface area (Å²) < 4.78 is 16.0. The largest absolute Gasteiger partial charge is 0.493 e. The highest BCUT2D eigenvalue weighted by Gasteiger charge is 2.16. The van der Waals surface area contributed by atoms with Crippen molar-refractivity contribution in [1.82, 2.24) is 5.16 Å². The molecule has 0 unspecified atom stereocenters. The smallest absolute Gasteiger partial charge is 0.163 e. The summed E-state index contributed by atoms with van der Waals surface area (Å²) in [5.41, 5.74) is 11.0. The van der Waals surface area contributed by atoms with Crippen LogP contribution in [0.1, 0.15) is 5.56 Å². The number of hydrogen-bond acceptors (Lipinski definition) is 5. The van der Waals surface area contributed by atoms with Gasteiger partial charge in [-0.05, 0) is 42.3 Å².